The molecule has 0 bridgehead atoms. The van der Waals surface area contributed by atoms with Gasteiger partial charge in [-0.15, -0.1) is 0 Å². The Balaban J connectivity index is 2.58. The van der Waals surface area contributed by atoms with Crippen molar-refractivity contribution in [2.75, 3.05) is 11.9 Å². The summed E-state index contributed by atoms with van der Waals surface area (Å²) < 4.78 is 0. The summed E-state index contributed by atoms with van der Waals surface area (Å²) in [7, 11) is 2.14. The first-order chi connectivity index (χ1) is 5.18. The minimum Gasteiger partial charge on any atom is -0.370 e. The highest BCUT2D eigenvalue weighted by Crippen LogP contribution is 2.35. The van der Waals surface area contributed by atoms with Gasteiger partial charge in [-0.05, 0) is 25.0 Å². The van der Waals surface area contributed by atoms with Gasteiger partial charge in [0.2, 0.25) is 0 Å². The maximum absolute atomic E-state index is 2.30. The highest BCUT2D eigenvalue weighted by Gasteiger charge is 2.20. The van der Waals surface area contributed by atoms with Crippen LogP contribution in [0.5, 0.6) is 0 Å². The van der Waals surface area contributed by atoms with Crippen molar-refractivity contribution in [1.82, 2.24) is 0 Å². The molecule has 1 heteroatoms. The molecule has 0 spiro atoms. The van der Waals surface area contributed by atoms with Gasteiger partial charge in [0.25, 0.3) is 0 Å². The summed E-state index contributed by atoms with van der Waals surface area (Å²) in [4.78, 5) is 2.30. The van der Waals surface area contributed by atoms with E-state index in [0.717, 1.165) is 6.54 Å². The van der Waals surface area contributed by atoms with E-state index in [1.165, 1.54) is 22.4 Å². The number of nitrogens with zero attached hydrogens (tertiary/aromatic N) is 1. The maximum atomic E-state index is 2.30. The molecule has 0 amide bonds. The van der Waals surface area contributed by atoms with Crippen LogP contribution in [-0.4, -0.2) is 7.05 Å². The van der Waals surface area contributed by atoms with Crippen molar-refractivity contribution < 1.29 is 0 Å². The van der Waals surface area contributed by atoms with E-state index in [9.17, 15) is 0 Å². The van der Waals surface area contributed by atoms with Gasteiger partial charge in [0.1, 0.15) is 0 Å². The van der Waals surface area contributed by atoms with E-state index in [-0.39, 0.29) is 0 Å². The van der Waals surface area contributed by atoms with E-state index in [1.807, 2.05) is 0 Å². The Bertz CT molecular complexity index is 285. The molecule has 0 atom stereocenters. The Kier molecular flexibility index (Phi) is 1.22. The average molecular weight is 147 g/mol. The first kappa shape index (κ1) is 6.71. The number of hydrogen-bond acceptors (Lipinski definition) is 1. The molecule has 0 saturated heterocycles. The van der Waals surface area contributed by atoms with Gasteiger partial charge in [0.15, 0.2) is 0 Å². The van der Waals surface area contributed by atoms with Crippen molar-refractivity contribution in [3.05, 3.63) is 28.8 Å². The number of rotatable bonds is 0. The standard InChI is InChI=1S/C10H13N/c1-7-4-8(2)10-9(5-7)6-11(10)3/h4-5H,6H2,1-3H3. The Morgan fingerprint density at radius 2 is 2.00 bits per heavy atom. The SMILES string of the molecule is Cc1cc(C)c2c(c1)CN2C. The quantitative estimate of drug-likeness (QED) is 0.544. The highest BCUT2D eigenvalue weighted by molar-refractivity contribution is 5.67. The largest absolute Gasteiger partial charge is 0.370 e. The van der Waals surface area contributed by atoms with Gasteiger partial charge in [-0.25, -0.2) is 0 Å². The lowest BCUT2D eigenvalue weighted by atomic mass is 9.97. The first-order valence-electron chi connectivity index (χ1n) is 4.00. The zero-order valence-corrected chi connectivity index (χ0v) is 7.31. The predicted molar refractivity (Wildman–Crippen MR) is 48.0 cm³/mol. The number of benzene rings is 1. The molecule has 58 valence electrons. The summed E-state index contributed by atoms with van der Waals surface area (Å²) in [5, 5.41) is 0. The van der Waals surface area contributed by atoms with Crippen molar-refractivity contribution in [1.29, 1.82) is 0 Å². The molecule has 1 aliphatic heterocycles. The van der Waals surface area contributed by atoms with Gasteiger partial charge in [-0.3, -0.25) is 0 Å². The monoisotopic (exact) mass is 147 g/mol. The lowest BCUT2D eigenvalue weighted by Crippen LogP contribution is -2.28. The minimum atomic E-state index is 1.12. The molecule has 0 unspecified atom stereocenters. The number of anilines is 1. The zero-order chi connectivity index (χ0) is 8.01. The Morgan fingerprint density at radius 1 is 1.27 bits per heavy atom. The fourth-order valence-electron chi connectivity index (χ4n) is 1.96. The lowest BCUT2D eigenvalue weighted by molar-refractivity contribution is 0.827. The number of fused-ring (bicyclic) bond motifs is 1. The number of aryl methyl sites for hydroxylation is 2. The summed E-state index contributed by atoms with van der Waals surface area (Å²) in [5.41, 5.74) is 5.74. The minimum absolute atomic E-state index is 1.12. The van der Waals surface area contributed by atoms with Crippen LogP contribution in [0.2, 0.25) is 0 Å². The number of hydrogen-bond donors (Lipinski definition) is 0. The fourth-order valence-corrected chi connectivity index (χ4v) is 1.96. The third-order valence-electron chi connectivity index (χ3n) is 2.31. The second-order valence-electron chi connectivity index (χ2n) is 3.45. The Morgan fingerprint density at radius 3 is 2.55 bits per heavy atom. The molecular weight excluding hydrogens is 134 g/mol. The average Bonchev–Trinajstić information content (AvgIpc) is 1.83. The normalized spacial score (nSPS) is 14.3. The van der Waals surface area contributed by atoms with Crippen molar-refractivity contribution in [3.8, 4) is 0 Å². The molecule has 1 aliphatic rings. The molecule has 0 aliphatic carbocycles. The van der Waals surface area contributed by atoms with Crippen LogP contribution < -0.4 is 4.90 Å². The van der Waals surface area contributed by atoms with E-state index in [4.69, 9.17) is 0 Å². The second kappa shape index (κ2) is 2.00. The van der Waals surface area contributed by atoms with Crippen molar-refractivity contribution >= 4 is 5.69 Å². The van der Waals surface area contributed by atoms with Gasteiger partial charge in [0.05, 0.1) is 0 Å². The highest BCUT2D eigenvalue weighted by atomic mass is 15.1. The Labute approximate surface area is 67.6 Å². The third kappa shape index (κ3) is 0.839. The van der Waals surface area contributed by atoms with Crippen LogP contribution in [0.4, 0.5) is 5.69 Å². The summed E-state index contributed by atoms with van der Waals surface area (Å²) in [6, 6.07) is 4.52. The van der Waals surface area contributed by atoms with E-state index >= 15 is 0 Å². The lowest BCUT2D eigenvalue weighted by Gasteiger charge is -2.34. The fraction of sp³-hybridized carbons (Fsp3) is 0.400. The van der Waals surface area contributed by atoms with Gasteiger partial charge in [0, 0.05) is 19.3 Å². The van der Waals surface area contributed by atoms with Crippen LogP contribution >= 0.6 is 0 Å². The molecule has 0 radical (unpaired) electrons. The van der Waals surface area contributed by atoms with Crippen LogP contribution in [0.3, 0.4) is 0 Å². The molecule has 0 fully saturated rings. The summed E-state index contributed by atoms with van der Waals surface area (Å²) >= 11 is 0. The van der Waals surface area contributed by atoms with Crippen LogP contribution in [0, 0.1) is 13.8 Å². The van der Waals surface area contributed by atoms with Gasteiger partial charge in [-0.1, -0.05) is 17.7 Å². The molecule has 1 nitrogen and oxygen atoms in total. The first-order valence-corrected chi connectivity index (χ1v) is 4.00. The molecule has 2 rings (SSSR count). The zero-order valence-electron chi connectivity index (χ0n) is 7.31. The summed E-state index contributed by atoms with van der Waals surface area (Å²) in [5.74, 6) is 0. The van der Waals surface area contributed by atoms with E-state index in [2.05, 4.69) is 37.9 Å². The van der Waals surface area contributed by atoms with Gasteiger partial charge >= 0.3 is 0 Å². The van der Waals surface area contributed by atoms with Crippen LogP contribution in [0.1, 0.15) is 16.7 Å². The predicted octanol–water partition coefficient (Wildman–Crippen LogP) is 2.25. The molecule has 11 heavy (non-hydrogen) atoms. The van der Waals surface area contributed by atoms with Crippen LogP contribution in [0.15, 0.2) is 12.1 Å². The molecule has 0 N–H and O–H groups in total. The smallest absolute Gasteiger partial charge is 0.0447 e. The Hall–Kier alpha value is -0.980. The van der Waals surface area contributed by atoms with Gasteiger partial charge in [-0.2, -0.15) is 0 Å². The third-order valence-corrected chi connectivity index (χ3v) is 2.31. The van der Waals surface area contributed by atoms with Crippen molar-refractivity contribution in [3.63, 3.8) is 0 Å². The molecule has 1 heterocycles. The van der Waals surface area contributed by atoms with Crippen LogP contribution in [-0.2, 0) is 6.54 Å². The van der Waals surface area contributed by atoms with Crippen molar-refractivity contribution in [2.45, 2.75) is 20.4 Å². The maximum Gasteiger partial charge on any atom is 0.0447 e. The van der Waals surface area contributed by atoms with E-state index in [1.54, 1.807) is 0 Å². The van der Waals surface area contributed by atoms with Crippen LogP contribution in [0.25, 0.3) is 0 Å². The van der Waals surface area contributed by atoms with E-state index < -0.39 is 0 Å². The van der Waals surface area contributed by atoms with E-state index in [0.29, 0.717) is 0 Å². The summed E-state index contributed by atoms with van der Waals surface area (Å²) in [6.45, 7) is 5.46. The summed E-state index contributed by atoms with van der Waals surface area (Å²) in [6.07, 6.45) is 0. The molecule has 1 aromatic carbocycles. The molecule has 1 aromatic rings. The molecule has 0 aromatic heterocycles. The molecule has 0 saturated carbocycles. The molecular formula is C10H13N. The van der Waals surface area contributed by atoms with Crippen molar-refractivity contribution in [2.24, 2.45) is 0 Å². The van der Waals surface area contributed by atoms with Gasteiger partial charge < -0.3 is 4.90 Å². The topological polar surface area (TPSA) is 3.24 Å². The second-order valence-corrected chi connectivity index (χ2v) is 3.45.